The number of nitrogens with zero attached hydrogens (tertiary/aromatic N) is 2. The molecule has 19 heavy (non-hydrogen) atoms. The maximum atomic E-state index is 13.1. The molecule has 0 spiro atoms. The lowest BCUT2D eigenvalue weighted by molar-refractivity contribution is 0.0637. The number of carbonyl (C=O) groups is 1. The summed E-state index contributed by atoms with van der Waals surface area (Å²) in [6.45, 7) is 6.46. The molecule has 0 atom stereocenters. The molecule has 2 rings (SSSR count). The van der Waals surface area contributed by atoms with E-state index in [1.165, 1.54) is 18.2 Å². The van der Waals surface area contributed by atoms with Gasteiger partial charge in [-0.3, -0.25) is 9.69 Å². The van der Waals surface area contributed by atoms with E-state index in [1.54, 1.807) is 4.90 Å². The zero-order valence-corrected chi connectivity index (χ0v) is 11.2. The van der Waals surface area contributed by atoms with Gasteiger partial charge in [-0.1, -0.05) is 6.92 Å². The monoisotopic (exact) mass is 265 g/mol. The number of nitrogen functional groups attached to an aromatic ring is 1. The molecule has 0 bridgehead atoms. The molecule has 1 aliphatic rings. The third-order valence-electron chi connectivity index (χ3n) is 3.44. The third-order valence-corrected chi connectivity index (χ3v) is 3.44. The van der Waals surface area contributed by atoms with Gasteiger partial charge in [-0.05, 0) is 31.2 Å². The van der Waals surface area contributed by atoms with Crippen molar-refractivity contribution in [3.63, 3.8) is 0 Å². The highest BCUT2D eigenvalue weighted by atomic mass is 19.1. The molecule has 0 radical (unpaired) electrons. The number of hydrogen-bond donors (Lipinski definition) is 1. The average molecular weight is 265 g/mol. The van der Waals surface area contributed by atoms with E-state index in [-0.39, 0.29) is 11.6 Å². The largest absolute Gasteiger partial charge is 0.396 e. The third kappa shape index (κ3) is 3.23. The lowest BCUT2D eigenvalue weighted by Crippen LogP contribution is -2.48. The van der Waals surface area contributed by atoms with Crippen molar-refractivity contribution >= 4 is 11.6 Å². The molecular formula is C14H20FN3O. The highest BCUT2D eigenvalue weighted by Crippen LogP contribution is 2.15. The van der Waals surface area contributed by atoms with Crippen LogP contribution in [0.4, 0.5) is 10.1 Å². The van der Waals surface area contributed by atoms with Crippen LogP contribution in [0.2, 0.25) is 0 Å². The van der Waals surface area contributed by atoms with Crippen LogP contribution in [0.15, 0.2) is 18.2 Å². The minimum atomic E-state index is -0.482. The zero-order valence-electron chi connectivity index (χ0n) is 11.2. The highest BCUT2D eigenvalue weighted by Gasteiger charge is 2.21. The van der Waals surface area contributed by atoms with Crippen LogP contribution in [0.1, 0.15) is 23.7 Å². The Morgan fingerprint density at radius 1 is 1.32 bits per heavy atom. The molecule has 0 saturated carbocycles. The minimum absolute atomic E-state index is 0.0236. The standard InChI is InChI=1S/C14H20FN3O/c1-2-5-17-6-8-18(9-7-17)14(19)11-3-4-12(15)13(16)10-11/h3-4,10H,2,5-9,16H2,1H3. The molecule has 1 fully saturated rings. The smallest absolute Gasteiger partial charge is 0.254 e. The van der Waals surface area contributed by atoms with Gasteiger partial charge < -0.3 is 10.6 Å². The molecule has 1 aromatic carbocycles. The van der Waals surface area contributed by atoms with Crippen molar-refractivity contribution < 1.29 is 9.18 Å². The van der Waals surface area contributed by atoms with E-state index in [2.05, 4.69) is 11.8 Å². The first-order chi connectivity index (χ1) is 9.11. The van der Waals surface area contributed by atoms with E-state index in [0.29, 0.717) is 5.56 Å². The predicted octanol–water partition coefficient (Wildman–Crippen LogP) is 1.58. The van der Waals surface area contributed by atoms with E-state index in [9.17, 15) is 9.18 Å². The van der Waals surface area contributed by atoms with Crippen molar-refractivity contribution in [3.05, 3.63) is 29.6 Å². The number of anilines is 1. The molecular weight excluding hydrogens is 245 g/mol. The fraction of sp³-hybridized carbons (Fsp3) is 0.500. The Morgan fingerprint density at radius 3 is 2.58 bits per heavy atom. The summed E-state index contributed by atoms with van der Waals surface area (Å²) in [5.74, 6) is -0.549. The van der Waals surface area contributed by atoms with Crippen LogP contribution in [0.25, 0.3) is 0 Å². The number of rotatable bonds is 3. The van der Waals surface area contributed by atoms with Gasteiger partial charge in [0.05, 0.1) is 5.69 Å². The Hall–Kier alpha value is -1.62. The zero-order chi connectivity index (χ0) is 13.8. The molecule has 104 valence electrons. The number of halogens is 1. The summed E-state index contributed by atoms with van der Waals surface area (Å²) in [5, 5.41) is 0. The molecule has 4 nitrogen and oxygen atoms in total. The van der Waals surface area contributed by atoms with Crippen molar-refractivity contribution in [2.45, 2.75) is 13.3 Å². The molecule has 1 aliphatic heterocycles. The molecule has 5 heteroatoms. The fourth-order valence-electron chi connectivity index (χ4n) is 2.35. The van der Waals surface area contributed by atoms with Gasteiger partial charge in [0.15, 0.2) is 0 Å². The normalized spacial score (nSPS) is 16.6. The highest BCUT2D eigenvalue weighted by molar-refractivity contribution is 5.95. The van der Waals surface area contributed by atoms with Gasteiger partial charge in [0.1, 0.15) is 5.82 Å². The SMILES string of the molecule is CCCN1CCN(C(=O)c2ccc(F)c(N)c2)CC1. The van der Waals surface area contributed by atoms with Gasteiger partial charge in [0.25, 0.3) is 5.91 Å². The number of nitrogens with two attached hydrogens (primary N) is 1. The Kier molecular flexibility index (Phi) is 4.37. The molecule has 0 aliphatic carbocycles. The van der Waals surface area contributed by atoms with Gasteiger partial charge in [0.2, 0.25) is 0 Å². The maximum absolute atomic E-state index is 13.1. The summed E-state index contributed by atoms with van der Waals surface area (Å²) >= 11 is 0. The topological polar surface area (TPSA) is 49.6 Å². The van der Waals surface area contributed by atoms with Gasteiger partial charge in [-0.25, -0.2) is 4.39 Å². The van der Waals surface area contributed by atoms with Crippen LogP contribution in [-0.4, -0.2) is 48.4 Å². The first kappa shape index (κ1) is 13.8. The van der Waals surface area contributed by atoms with Crippen LogP contribution in [0.3, 0.4) is 0 Å². The summed E-state index contributed by atoms with van der Waals surface area (Å²) in [7, 11) is 0. The van der Waals surface area contributed by atoms with Gasteiger partial charge >= 0.3 is 0 Å². The van der Waals surface area contributed by atoms with Gasteiger partial charge in [-0.2, -0.15) is 0 Å². The van der Waals surface area contributed by atoms with Crippen molar-refractivity contribution in [1.82, 2.24) is 9.80 Å². The van der Waals surface area contributed by atoms with Gasteiger partial charge in [0, 0.05) is 31.7 Å². The predicted molar refractivity (Wildman–Crippen MR) is 73.4 cm³/mol. The Bertz CT molecular complexity index is 456. The van der Waals surface area contributed by atoms with Crippen LogP contribution in [-0.2, 0) is 0 Å². The summed E-state index contributed by atoms with van der Waals surface area (Å²) in [5.41, 5.74) is 5.98. The van der Waals surface area contributed by atoms with Crippen molar-refractivity contribution in [2.24, 2.45) is 0 Å². The summed E-state index contributed by atoms with van der Waals surface area (Å²) < 4.78 is 13.1. The Morgan fingerprint density at radius 2 is 2.00 bits per heavy atom. The number of carbonyl (C=O) groups excluding carboxylic acids is 1. The minimum Gasteiger partial charge on any atom is -0.396 e. The van der Waals surface area contributed by atoms with E-state index >= 15 is 0 Å². The fourth-order valence-corrected chi connectivity index (χ4v) is 2.35. The van der Waals surface area contributed by atoms with Crippen LogP contribution in [0.5, 0.6) is 0 Å². The first-order valence-corrected chi connectivity index (χ1v) is 6.68. The molecule has 0 unspecified atom stereocenters. The molecule has 0 aromatic heterocycles. The van der Waals surface area contributed by atoms with Crippen molar-refractivity contribution in [3.8, 4) is 0 Å². The number of benzene rings is 1. The second-order valence-corrected chi connectivity index (χ2v) is 4.87. The average Bonchev–Trinajstić information content (AvgIpc) is 2.42. The van der Waals surface area contributed by atoms with E-state index in [4.69, 9.17) is 5.73 Å². The summed E-state index contributed by atoms with van der Waals surface area (Å²) in [6.07, 6.45) is 1.13. The first-order valence-electron chi connectivity index (χ1n) is 6.68. The Labute approximate surface area is 113 Å². The Balaban J connectivity index is 1.99. The van der Waals surface area contributed by atoms with Crippen molar-refractivity contribution in [2.75, 3.05) is 38.5 Å². The summed E-state index contributed by atoms with van der Waals surface area (Å²) in [4.78, 5) is 16.4. The molecule has 2 N–H and O–H groups in total. The van der Waals surface area contributed by atoms with E-state index < -0.39 is 5.82 Å². The lowest BCUT2D eigenvalue weighted by atomic mass is 10.1. The molecule has 1 heterocycles. The van der Waals surface area contributed by atoms with E-state index in [1.807, 2.05) is 0 Å². The number of hydrogen-bond acceptors (Lipinski definition) is 3. The maximum Gasteiger partial charge on any atom is 0.254 e. The van der Waals surface area contributed by atoms with Crippen LogP contribution in [0, 0.1) is 5.82 Å². The van der Waals surface area contributed by atoms with Crippen LogP contribution < -0.4 is 5.73 Å². The van der Waals surface area contributed by atoms with Gasteiger partial charge in [-0.15, -0.1) is 0 Å². The number of amides is 1. The summed E-state index contributed by atoms with van der Waals surface area (Å²) in [6, 6.07) is 4.15. The quantitative estimate of drug-likeness (QED) is 0.844. The molecule has 1 aromatic rings. The second kappa shape index (κ2) is 6.02. The number of piperazine rings is 1. The second-order valence-electron chi connectivity index (χ2n) is 4.87. The molecule has 1 amide bonds. The lowest BCUT2D eigenvalue weighted by Gasteiger charge is -2.34. The van der Waals surface area contributed by atoms with E-state index in [0.717, 1.165) is 39.1 Å². The van der Waals surface area contributed by atoms with Crippen molar-refractivity contribution in [1.29, 1.82) is 0 Å². The molecule has 1 saturated heterocycles. The van der Waals surface area contributed by atoms with Crippen LogP contribution >= 0.6 is 0 Å².